The van der Waals surface area contributed by atoms with Crippen molar-refractivity contribution < 1.29 is 14.7 Å². The second-order valence-electron chi connectivity index (χ2n) is 4.13. The second kappa shape index (κ2) is 5.70. The number of hydrogen-bond acceptors (Lipinski definition) is 4. The Morgan fingerprint density at radius 2 is 1.95 bits per heavy atom. The first-order chi connectivity index (χ1) is 9.47. The molecule has 104 valence electrons. The molecule has 7 heteroatoms. The highest BCUT2D eigenvalue weighted by Crippen LogP contribution is 2.23. The van der Waals surface area contributed by atoms with E-state index in [1.54, 1.807) is 24.4 Å². The Hall–Kier alpha value is -2.41. The smallest absolute Gasteiger partial charge is 0.338 e. The number of aromatic nitrogens is 1. The minimum Gasteiger partial charge on any atom is -0.478 e. The van der Waals surface area contributed by atoms with Gasteiger partial charge in [-0.1, -0.05) is 0 Å². The summed E-state index contributed by atoms with van der Waals surface area (Å²) in [5.41, 5.74) is 2.22. The van der Waals surface area contributed by atoms with Gasteiger partial charge >= 0.3 is 12.0 Å². The Morgan fingerprint density at radius 1 is 1.20 bits per heavy atom. The van der Waals surface area contributed by atoms with Crippen molar-refractivity contribution in [3.63, 3.8) is 0 Å². The Kier molecular flexibility index (Phi) is 3.99. The fourth-order valence-electron chi connectivity index (χ4n) is 1.65. The summed E-state index contributed by atoms with van der Waals surface area (Å²) >= 11 is 1.16. The Balaban J connectivity index is 2.09. The second-order valence-corrected chi connectivity index (χ2v) is 5.05. The van der Waals surface area contributed by atoms with E-state index in [0.29, 0.717) is 16.4 Å². The van der Waals surface area contributed by atoms with Gasteiger partial charge in [-0.15, -0.1) is 11.3 Å². The summed E-state index contributed by atoms with van der Waals surface area (Å²) in [4.78, 5) is 27.0. The lowest BCUT2D eigenvalue weighted by molar-refractivity contribution is 0.0698. The van der Waals surface area contributed by atoms with E-state index in [-0.39, 0.29) is 5.56 Å². The quantitative estimate of drug-likeness (QED) is 0.810. The van der Waals surface area contributed by atoms with Crippen molar-refractivity contribution in [1.82, 2.24) is 4.98 Å². The molecule has 0 aromatic carbocycles. The molecule has 2 rings (SSSR count). The van der Waals surface area contributed by atoms with Gasteiger partial charge in [0.15, 0.2) is 0 Å². The molecule has 2 aromatic rings. The summed E-state index contributed by atoms with van der Waals surface area (Å²) in [5.74, 6) is -1.07. The fraction of sp³-hybridized carbons (Fsp3) is 0.154. The number of nitrogens with one attached hydrogen (secondary N) is 2. The number of carboxylic acid groups (broad SMARTS) is 1. The van der Waals surface area contributed by atoms with Crippen LogP contribution >= 0.6 is 11.3 Å². The normalized spacial score (nSPS) is 10.1. The van der Waals surface area contributed by atoms with Gasteiger partial charge in [-0.2, -0.15) is 0 Å². The topological polar surface area (TPSA) is 91.3 Å². The molecule has 0 unspecified atom stereocenters. The number of carbonyl (C=O) groups is 2. The molecule has 20 heavy (non-hydrogen) atoms. The highest BCUT2D eigenvalue weighted by molar-refractivity contribution is 7.14. The first kappa shape index (κ1) is 14.0. The number of aryl methyl sites for hydroxylation is 2. The van der Waals surface area contributed by atoms with Crippen molar-refractivity contribution >= 4 is 34.0 Å². The molecule has 0 aliphatic rings. The van der Waals surface area contributed by atoms with Gasteiger partial charge in [0.25, 0.3) is 0 Å². The zero-order chi connectivity index (χ0) is 14.7. The minimum atomic E-state index is -1.07. The first-order valence-corrected chi connectivity index (χ1v) is 6.68. The van der Waals surface area contributed by atoms with Crippen molar-refractivity contribution in [2.45, 2.75) is 13.8 Å². The van der Waals surface area contributed by atoms with Crippen LogP contribution in [-0.2, 0) is 0 Å². The van der Waals surface area contributed by atoms with Gasteiger partial charge < -0.3 is 10.4 Å². The maximum atomic E-state index is 11.9. The number of urea groups is 1. The largest absolute Gasteiger partial charge is 0.478 e. The Morgan fingerprint density at radius 3 is 2.60 bits per heavy atom. The highest BCUT2D eigenvalue weighted by atomic mass is 32.1. The summed E-state index contributed by atoms with van der Waals surface area (Å²) in [5, 5.41) is 16.0. The molecule has 0 atom stereocenters. The van der Waals surface area contributed by atoms with E-state index in [1.165, 1.54) is 6.07 Å². The molecule has 0 bridgehead atoms. The summed E-state index contributed by atoms with van der Waals surface area (Å²) in [6.45, 7) is 3.65. The number of hydrogen-bond donors (Lipinski definition) is 3. The van der Waals surface area contributed by atoms with Gasteiger partial charge in [-0.25, -0.2) is 9.59 Å². The summed E-state index contributed by atoms with van der Waals surface area (Å²) in [7, 11) is 0. The van der Waals surface area contributed by atoms with E-state index < -0.39 is 12.0 Å². The third-order valence-electron chi connectivity index (χ3n) is 2.60. The van der Waals surface area contributed by atoms with E-state index in [1.807, 2.05) is 6.92 Å². The van der Waals surface area contributed by atoms with Crippen LogP contribution < -0.4 is 10.6 Å². The fourth-order valence-corrected chi connectivity index (χ4v) is 2.42. The van der Waals surface area contributed by atoms with Gasteiger partial charge in [0, 0.05) is 5.69 Å². The number of carboxylic acids is 1. The molecule has 0 saturated carbocycles. The van der Waals surface area contributed by atoms with Crippen molar-refractivity contribution in [3.8, 4) is 0 Å². The van der Waals surface area contributed by atoms with Gasteiger partial charge in [-0.3, -0.25) is 10.3 Å². The van der Waals surface area contributed by atoms with E-state index in [0.717, 1.165) is 17.0 Å². The SMILES string of the molecule is Cc1ccc(NC(=O)Nc2sccc2C(=O)O)c(C)n1. The lowest BCUT2D eigenvalue weighted by atomic mass is 10.3. The molecular weight excluding hydrogens is 278 g/mol. The average molecular weight is 291 g/mol. The average Bonchev–Trinajstić information content (AvgIpc) is 2.81. The van der Waals surface area contributed by atoms with Crippen LogP contribution in [0.15, 0.2) is 23.6 Å². The number of thiophene rings is 1. The van der Waals surface area contributed by atoms with Crippen LogP contribution in [-0.4, -0.2) is 22.1 Å². The van der Waals surface area contributed by atoms with Crippen LogP contribution in [0.4, 0.5) is 15.5 Å². The highest BCUT2D eigenvalue weighted by Gasteiger charge is 2.14. The zero-order valence-electron chi connectivity index (χ0n) is 10.9. The van der Waals surface area contributed by atoms with E-state index in [4.69, 9.17) is 5.11 Å². The number of nitrogens with zero attached hydrogens (tertiary/aromatic N) is 1. The lowest BCUT2D eigenvalue weighted by Gasteiger charge is -2.09. The van der Waals surface area contributed by atoms with Crippen LogP contribution in [0.25, 0.3) is 0 Å². The van der Waals surface area contributed by atoms with Gasteiger partial charge in [0.1, 0.15) is 5.00 Å². The Bertz CT molecular complexity index is 667. The maximum absolute atomic E-state index is 11.9. The van der Waals surface area contributed by atoms with E-state index >= 15 is 0 Å². The van der Waals surface area contributed by atoms with Crippen LogP contribution in [0.5, 0.6) is 0 Å². The summed E-state index contributed by atoms with van der Waals surface area (Å²) in [6.07, 6.45) is 0. The third-order valence-corrected chi connectivity index (χ3v) is 3.43. The molecule has 3 N–H and O–H groups in total. The molecule has 2 heterocycles. The summed E-state index contributed by atoms with van der Waals surface area (Å²) in [6, 6.07) is 4.49. The van der Waals surface area contributed by atoms with Crippen molar-refractivity contribution in [1.29, 1.82) is 0 Å². The summed E-state index contributed by atoms with van der Waals surface area (Å²) < 4.78 is 0. The molecule has 0 spiro atoms. The van der Waals surface area contributed by atoms with Gasteiger partial charge in [0.2, 0.25) is 0 Å². The van der Waals surface area contributed by atoms with Crippen molar-refractivity contribution in [3.05, 3.63) is 40.5 Å². The van der Waals surface area contributed by atoms with Crippen LogP contribution in [0, 0.1) is 13.8 Å². The number of rotatable bonds is 3. The molecule has 0 fully saturated rings. The number of pyridine rings is 1. The lowest BCUT2D eigenvalue weighted by Crippen LogP contribution is -2.20. The number of anilines is 2. The van der Waals surface area contributed by atoms with Crippen LogP contribution in [0.3, 0.4) is 0 Å². The zero-order valence-corrected chi connectivity index (χ0v) is 11.7. The van der Waals surface area contributed by atoms with Gasteiger partial charge in [-0.05, 0) is 37.4 Å². The van der Waals surface area contributed by atoms with Crippen molar-refractivity contribution in [2.75, 3.05) is 10.6 Å². The third kappa shape index (κ3) is 3.12. The van der Waals surface area contributed by atoms with E-state index in [9.17, 15) is 9.59 Å². The first-order valence-electron chi connectivity index (χ1n) is 5.80. The standard InChI is InChI=1S/C13H13N3O3S/c1-7-3-4-10(8(2)14-7)15-13(19)16-11-9(12(17)18)5-6-20-11/h3-6H,1-2H3,(H,17,18)(H2,15,16,19). The number of amides is 2. The minimum absolute atomic E-state index is 0.0731. The number of carbonyl (C=O) groups excluding carboxylic acids is 1. The number of aromatic carboxylic acids is 1. The molecule has 0 saturated heterocycles. The molecular formula is C13H13N3O3S. The van der Waals surface area contributed by atoms with Gasteiger partial charge in [0.05, 0.1) is 16.9 Å². The molecule has 0 aliphatic carbocycles. The predicted octanol–water partition coefficient (Wildman–Crippen LogP) is 3.10. The van der Waals surface area contributed by atoms with E-state index in [2.05, 4.69) is 15.6 Å². The monoisotopic (exact) mass is 291 g/mol. The van der Waals surface area contributed by atoms with Crippen molar-refractivity contribution in [2.24, 2.45) is 0 Å². The molecule has 6 nitrogen and oxygen atoms in total. The molecule has 2 amide bonds. The molecule has 0 radical (unpaired) electrons. The Labute approximate surface area is 119 Å². The molecule has 2 aromatic heterocycles. The molecule has 0 aliphatic heterocycles. The van der Waals surface area contributed by atoms with Crippen LogP contribution in [0.2, 0.25) is 0 Å². The van der Waals surface area contributed by atoms with Crippen LogP contribution in [0.1, 0.15) is 21.7 Å². The predicted molar refractivity (Wildman–Crippen MR) is 77.6 cm³/mol. The maximum Gasteiger partial charge on any atom is 0.338 e.